The lowest BCUT2D eigenvalue weighted by molar-refractivity contribution is -0.137. The quantitative estimate of drug-likeness (QED) is 0.635. The van der Waals surface area contributed by atoms with E-state index in [-0.39, 0.29) is 29.7 Å². The van der Waals surface area contributed by atoms with Gasteiger partial charge in [-0.05, 0) is 56.3 Å². The van der Waals surface area contributed by atoms with Crippen LogP contribution in [0.3, 0.4) is 0 Å². The van der Waals surface area contributed by atoms with Crippen LogP contribution in [0, 0.1) is 0 Å². The Labute approximate surface area is 188 Å². The molecule has 1 aliphatic rings. The summed E-state index contributed by atoms with van der Waals surface area (Å²) in [5.74, 6) is 0.385. The van der Waals surface area contributed by atoms with Crippen molar-refractivity contribution in [1.82, 2.24) is 19.2 Å². The number of alkyl halides is 3. The summed E-state index contributed by atoms with van der Waals surface area (Å²) in [4.78, 5) is 27.0. The molecule has 2 heterocycles. The minimum atomic E-state index is -4.46. The van der Waals surface area contributed by atoms with Crippen molar-refractivity contribution >= 4 is 11.6 Å². The van der Waals surface area contributed by atoms with Gasteiger partial charge in [0.05, 0.1) is 17.8 Å². The maximum absolute atomic E-state index is 12.9. The Hall–Kier alpha value is -3.40. The topological polar surface area (TPSA) is 72.2 Å². The molecule has 1 N–H and O–H groups in total. The number of aromatic nitrogens is 3. The van der Waals surface area contributed by atoms with Crippen LogP contribution in [0.1, 0.15) is 30.1 Å². The van der Waals surface area contributed by atoms with Crippen LogP contribution >= 0.6 is 0 Å². The maximum atomic E-state index is 12.9. The van der Waals surface area contributed by atoms with Crippen LogP contribution in [0.25, 0.3) is 5.69 Å². The molecule has 1 amide bonds. The zero-order chi connectivity index (χ0) is 23.6. The molecule has 0 radical (unpaired) electrons. The lowest BCUT2D eigenvalue weighted by atomic mass is 9.95. The van der Waals surface area contributed by atoms with Gasteiger partial charge in [0.2, 0.25) is 5.91 Å². The second-order valence-corrected chi connectivity index (χ2v) is 8.11. The van der Waals surface area contributed by atoms with Gasteiger partial charge in [-0.3, -0.25) is 9.69 Å². The number of piperidine rings is 1. The highest BCUT2D eigenvalue weighted by molar-refractivity contribution is 5.92. The molecule has 2 aromatic carbocycles. The van der Waals surface area contributed by atoms with E-state index in [9.17, 15) is 22.8 Å². The number of rotatable bonds is 5. The van der Waals surface area contributed by atoms with Gasteiger partial charge in [-0.2, -0.15) is 18.3 Å². The third kappa shape index (κ3) is 5.16. The van der Waals surface area contributed by atoms with Crippen molar-refractivity contribution in [2.75, 3.05) is 25.0 Å². The van der Waals surface area contributed by atoms with Crippen LogP contribution in [0.2, 0.25) is 0 Å². The van der Waals surface area contributed by atoms with E-state index < -0.39 is 11.7 Å². The van der Waals surface area contributed by atoms with E-state index in [1.54, 1.807) is 11.6 Å². The summed E-state index contributed by atoms with van der Waals surface area (Å²) in [5, 5.41) is 7.00. The Morgan fingerprint density at radius 3 is 2.45 bits per heavy atom. The molecule has 0 atom stereocenters. The van der Waals surface area contributed by atoms with Gasteiger partial charge in [0, 0.05) is 18.7 Å². The number of hydrogen-bond donors (Lipinski definition) is 1. The third-order valence-corrected chi connectivity index (χ3v) is 5.76. The van der Waals surface area contributed by atoms with Crippen molar-refractivity contribution in [3.05, 3.63) is 76.5 Å². The average Bonchev–Trinajstić information content (AvgIpc) is 3.08. The van der Waals surface area contributed by atoms with Crippen molar-refractivity contribution in [3.63, 3.8) is 0 Å². The summed E-state index contributed by atoms with van der Waals surface area (Å²) in [5.41, 5.74) is -0.140. The van der Waals surface area contributed by atoms with Crippen molar-refractivity contribution in [2.45, 2.75) is 24.9 Å². The van der Waals surface area contributed by atoms with Crippen LogP contribution in [0.4, 0.5) is 18.9 Å². The number of carbonyl (C=O) groups is 1. The van der Waals surface area contributed by atoms with E-state index in [1.807, 2.05) is 35.2 Å². The van der Waals surface area contributed by atoms with E-state index in [2.05, 4.69) is 10.4 Å². The largest absolute Gasteiger partial charge is 0.416 e. The molecule has 4 rings (SSSR count). The van der Waals surface area contributed by atoms with E-state index in [0.29, 0.717) is 31.8 Å². The molecule has 33 heavy (non-hydrogen) atoms. The molecule has 0 bridgehead atoms. The summed E-state index contributed by atoms with van der Waals surface area (Å²) < 4.78 is 41.6. The van der Waals surface area contributed by atoms with Gasteiger partial charge in [0.15, 0.2) is 0 Å². The predicted octanol–water partition coefficient (Wildman–Crippen LogP) is 3.41. The van der Waals surface area contributed by atoms with Crippen molar-refractivity contribution in [1.29, 1.82) is 0 Å². The second-order valence-electron chi connectivity index (χ2n) is 8.11. The molecule has 0 saturated carbocycles. The molecule has 0 aliphatic carbocycles. The van der Waals surface area contributed by atoms with E-state index in [0.717, 1.165) is 17.8 Å². The molecule has 0 spiro atoms. The van der Waals surface area contributed by atoms with Crippen LogP contribution < -0.4 is 11.0 Å². The molecule has 10 heteroatoms. The van der Waals surface area contributed by atoms with Gasteiger partial charge in [0.25, 0.3) is 0 Å². The van der Waals surface area contributed by atoms with Gasteiger partial charge < -0.3 is 5.32 Å². The Morgan fingerprint density at radius 2 is 1.79 bits per heavy atom. The summed E-state index contributed by atoms with van der Waals surface area (Å²) >= 11 is 0. The Morgan fingerprint density at radius 1 is 1.09 bits per heavy atom. The number of benzene rings is 2. The van der Waals surface area contributed by atoms with E-state index >= 15 is 0 Å². The Balaban J connectivity index is 1.38. The normalized spacial score (nSPS) is 15.5. The number of amides is 1. The standard InChI is InChI=1S/C23H24F3N5O2/c1-29-22(33)31(19-8-3-2-4-9-19)21(28-29)16-10-12-30(13-11-16)15-20(32)27-18-7-5-6-17(14-18)23(24,25)26/h2-9,14,16H,10-13,15H2,1H3,(H,27,32). The van der Waals surface area contributed by atoms with E-state index in [4.69, 9.17) is 0 Å². The zero-order valence-corrected chi connectivity index (χ0v) is 18.0. The first kappa shape index (κ1) is 22.8. The van der Waals surface area contributed by atoms with Crippen LogP contribution in [-0.4, -0.2) is 44.8 Å². The molecule has 1 aromatic heterocycles. The molecular formula is C23H24F3N5O2. The number of nitrogens with one attached hydrogen (secondary N) is 1. The summed E-state index contributed by atoms with van der Waals surface area (Å²) in [6.45, 7) is 1.30. The van der Waals surface area contributed by atoms with Gasteiger partial charge in [-0.1, -0.05) is 24.3 Å². The van der Waals surface area contributed by atoms with Crippen LogP contribution in [-0.2, 0) is 18.0 Å². The first-order valence-electron chi connectivity index (χ1n) is 10.6. The van der Waals surface area contributed by atoms with Gasteiger partial charge >= 0.3 is 11.9 Å². The lowest BCUT2D eigenvalue weighted by Crippen LogP contribution is -2.39. The first-order chi connectivity index (χ1) is 15.7. The fourth-order valence-electron chi connectivity index (χ4n) is 4.09. The molecular weight excluding hydrogens is 435 g/mol. The molecule has 1 saturated heterocycles. The summed E-state index contributed by atoms with van der Waals surface area (Å²) in [6, 6.07) is 13.9. The fourth-order valence-corrected chi connectivity index (χ4v) is 4.09. The van der Waals surface area contributed by atoms with Gasteiger partial charge in [0.1, 0.15) is 5.82 Å². The van der Waals surface area contributed by atoms with Crippen LogP contribution in [0.5, 0.6) is 0 Å². The Bertz CT molecular complexity index is 1180. The predicted molar refractivity (Wildman–Crippen MR) is 117 cm³/mol. The summed E-state index contributed by atoms with van der Waals surface area (Å²) in [7, 11) is 1.62. The number of likely N-dealkylation sites (tertiary alicyclic amines) is 1. The first-order valence-corrected chi connectivity index (χ1v) is 10.6. The van der Waals surface area contributed by atoms with E-state index in [1.165, 1.54) is 16.8 Å². The number of anilines is 1. The van der Waals surface area contributed by atoms with Crippen molar-refractivity contribution in [2.24, 2.45) is 7.05 Å². The number of carbonyl (C=O) groups excluding carboxylic acids is 1. The lowest BCUT2D eigenvalue weighted by Gasteiger charge is -2.31. The minimum Gasteiger partial charge on any atom is -0.325 e. The molecule has 7 nitrogen and oxygen atoms in total. The maximum Gasteiger partial charge on any atom is 0.416 e. The van der Waals surface area contributed by atoms with Crippen molar-refractivity contribution in [3.8, 4) is 5.69 Å². The SMILES string of the molecule is Cn1nc(C2CCN(CC(=O)Nc3cccc(C(F)(F)F)c3)CC2)n(-c2ccccc2)c1=O. The molecule has 1 aliphatic heterocycles. The number of nitrogens with zero attached hydrogens (tertiary/aromatic N) is 4. The average molecular weight is 459 g/mol. The number of para-hydroxylation sites is 1. The second kappa shape index (κ2) is 9.22. The molecule has 1 fully saturated rings. The zero-order valence-electron chi connectivity index (χ0n) is 18.0. The highest BCUT2D eigenvalue weighted by Crippen LogP contribution is 2.31. The third-order valence-electron chi connectivity index (χ3n) is 5.76. The minimum absolute atomic E-state index is 0.0573. The smallest absolute Gasteiger partial charge is 0.325 e. The number of aryl methyl sites for hydroxylation is 1. The highest BCUT2D eigenvalue weighted by atomic mass is 19.4. The fraction of sp³-hybridized carbons (Fsp3) is 0.348. The number of halogens is 3. The molecule has 3 aromatic rings. The molecule has 0 unspecified atom stereocenters. The van der Waals surface area contributed by atoms with Gasteiger partial charge in [-0.25, -0.2) is 14.0 Å². The monoisotopic (exact) mass is 459 g/mol. The number of hydrogen-bond acceptors (Lipinski definition) is 4. The highest BCUT2D eigenvalue weighted by Gasteiger charge is 2.31. The Kier molecular flexibility index (Phi) is 6.37. The van der Waals surface area contributed by atoms with Crippen LogP contribution in [0.15, 0.2) is 59.4 Å². The summed E-state index contributed by atoms with van der Waals surface area (Å²) in [6.07, 6.45) is -3.05. The van der Waals surface area contributed by atoms with Gasteiger partial charge in [-0.15, -0.1) is 0 Å². The van der Waals surface area contributed by atoms with Crippen molar-refractivity contribution < 1.29 is 18.0 Å². The molecule has 174 valence electrons.